The average Bonchev–Trinajstić information content (AvgIpc) is 3.58. The molecule has 4 heterocycles. The summed E-state index contributed by atoms with van der Waals surface area (Å²) in [4.78, 5) is 34.9. The summed E-state index contributed by atoms with van der Waals surface area (Å²) in [5.41, 5.74) is 4.53. The molecular weight excluding hydrogens is 498 g/mol. The third-order valence-electron chi connectivity index (χ3n) is 7.88. The molecule has 1 N–H and O–H groups in total. The lowest BCUT2D eigenvalue weighted by Gasteiger charge is -2.47. The van der Waals surface area contributed by atoms with Gasteiger partial charge in [-0.1, -0.05) is 24.3 Å². The summed E-state index contributed by atoms with van der Waals surface area (Å²) < 4.78 is 22.2. The zero-order chi connectivity index (χ0) is 26.7. The lowest BCUT2D eigenvalue weighted by atomic mass is 9.85. The first-order valence-corrected chi connectivity index (χ1v) is 12.9. The Morgan fingerprint density at radius 1 is 0.974 bits per heavy atom. The number of benzene rings is 3. The SMILES string of the molecule is COc1ccc(OC)c(C2c3[nH]c4ccccc4c3CC3C(=O)N(Cc4ccc5c(c4)OCO5)CC(=O)N32)c1. The normalized spacial score (nSPS) is 19.7. The van der Waals surface area contributed by atoms with Gasteiger partial charge in [-0.2, -0.15) is 0 Å². The van der Waals surface area contributed by atoms with Gasteiger partial charge < -0.3 is 33.7 Å². The van der Waals surface area contributed by atoms with Crippen molar-refractivity contribution in [3.8, 4) is 23.0 Å². The summed E-state index contributed by atoms with van der Waals surface area (Å²) in [5.74, 6) is 2.38. The van der Waals surface area contributed by atoms with E-state index in [1.165, 1.54) is 0 Å². The standard InChI is InChI=1S/C30H27N3O6/c1-36-18-8-10-24(37-2)21(12-18)29-28-20(19-5-3-4-6-22(19)31-28)13-23-30(35)32(15-27(34)33(23)29)14-17-7-9-25-26(11-17)39-16-38-25/h3-12,23,29,31H,13-16H2,1-2H3. The lowest BCUT2D eigenvalue weighted by Crippen LogP contribution is -2.62. The number of carbonyl (C=O) groups is 2. The van der Waals surface area contributed by atoms with Gasteiger partial charge in [-0.25, -0.2) is 0 Å². The van der Waals surface area contributed by atoms with Crippen LogP contribution in [0.5, 0.6) is 23.0 Å². The van der Waals surface area contributed by atoms with Crippen LogP contribution in [0.4, 0.5) is 0 Å². The Balaban J connectivity index is 1.33. The van der Waals surface area contributed by atoms with E-state index >= 15 is 0 Å². The van der Waals surface area contributed by atoms with E-state index in [1.807, 2.05) is 54.6 Å². The van der Waals surface area contributed by atoms with E-state index in [4.69, 9.17) is 18.9 Å². The minimum Gasteiger partial charge on any atom is -0.497 e. The zero-order valence-corrected chi connectivity index (χ0v) is 21.6. The second-order valence-corrected chi connectivity index (χ2v) is 9.98. The summed E-state index contributed by atoms with van der Waals surface area (Å²) >= 11 is 0. The first-order valence-electron chi connectivity index (χ1n) is 12.9. The molecule has 9 nitrogen and oxygen atoms in total. The van der Waals surface area contributed by atoms with Gasteiger partial charge >= 0.3 is 0 Å². The molecule has 0 bridgehead atoms. The van der Waals surface area contributed by atoms with Gasteiger partial charge in [0, 0.05) is 35.1 Å². The first-order chi connectivity index (χ1) is 19.1. The summed E-state index contributed by atoms with van der Waals surface area (Å²) in [7, 11) is 3.21. The van der Waals surface area contributed by atoms with E-state index in [0.29, 0.717) is 36.0 Å². The molecule has 2 unspecified atom stereocenters. The molecule has 3 aromatic carbocycles. The van der Waals surface area contributed by atoms with E-state index in [1.54, 1.807) is 24.0 Å². The Hall–Kier alpha value is -4.66. The number of carbonyl (C=O) groups excluding carboxylic acids is 2. The van der Waals surface area contributed by atoms with Gasteiger partial charge in [-0.15, -0.1) is 0 Å². The van der Waals surface area contributed by atoms with E-state index < -0.39 is 12.1 Å². The summed E-state index contributed by atoms with van der Waals surface area (Å²) in [6.45, 7) is 0.459. The van der Waals surface area contributed by atoms with E-state index in [0.717, 1.165) is 33.3 Å². The van der Waals surface area contributed by atoms with Gasteiger partial charge in [0.1, 0.15) is 30.1 Å². The minimum absolute atomic E-state index is 0.0257. The highest BCUT2D eigenvalue weighted by Crippen LogP contribution is 2.46. The van der Waals surface area contributed by atoms with Crippen LogP contribution < -0.4 is 18.9 Å². The molecule has 3 aliphatic rings. The van der Waals surface area contributed by atoms with Crippen LogP contribution in [0.3, 0.4) is 0 Å². The molecule has 3 aliphatic heterocycles. The summed E-state index contributed by atoms with van der Waals surface area (Å²) in [6, 6.07) is 18.0. The monoisotopic (exact) mass is 525 g/mol. The third kappa shape index (κ3) is 3.68. The van der Waals surface area contributed by atoms with E-state index in [-0.39, 0.29) is 25.2 Å². The van der Waals surface area contributed by atoms with Gasteiger partial charge in [0.15, 0.2) is 11.5 Å². The lowest BCUT2D eigenvalue weighted by molar-refractivity contribution is -0.159. The number of fused-ring (bicyclic) bond motifs is 5. The van der Waals surface area contributed by atoms with Crippen molar-refractivity contribution in [2.24, 2.45) is 0 Å². The number of nitrogens with zero attached hydrogens (tertiary/aromatic N) is 2. The number of H-pyrrole nitrogens is 1. The number of amides is 2. The second kappa shape index (κ2) is 8.97. The smallest absolute Gasteiger partial charge is 0.246 e. The van der Waals surface area contributed by atoms with Gasteiger partial charge in [-0.05, 0) is 47.5 Å². The van der Waals surface area contributed by atoms with E-state index in [9.17, 15) is 9.59 Å². The minimum atomic E-state index is -0.659. The number of rotatable bonds is 5. The quantitative estimate of drug-likeness (QED) is 0.426. The maximum atomic E-state index is 14.1. The van der Waals surface area contributed by atoms with Crippen molar-refractivity contribution in [1.29, 1.82) is 0 Å². The summed E-state index contributed by atoms with van der Waals surface area (Å²) in [6.07, 6.45) is 0.421. The summed E-state index contributed by atoms with van der Waals surface area (Å²) in [5, 5.41) is 1.05. The molecule has 0 spiro atoms. The molecule has 9 heteroatoms. The molecule has 0 aliphatic carbocycles. The number of aromatic amines is 1. The highest BCUT2D eigenvalue weighted by molar-refractivity contribution is 5.97. The van der Waals surface area contributed by atoms with Crippen LogP contribution in [0.2, 0.25) is 0 Å². The van der Waals surface area contributed by atoms with Crippen molar-refractivity contribution < 1.29 is 28.5 Å². The molecule has 198 valence electrons. The van der Waals surface area contributed by atoms with Crippen molar-refractivity contribution in [2.75, 3.05) is 27.6 Å². The molecule has 7 rings (SSSR count). The first kappa shape index (κ1) is 23.5. The van der Waals surface area contributed by atoms with Crippen molar-refractivity contribution >= 4 is 22.7 Å². The molecule has 1 saturated heterocycles. The van der Waals surface area contributed by atoms with E-state index in [2.05, 4.69) is 11.1 Å². The van der Waals surface area contributed by atoms with Crippen molar-refractivity contribution in [2.45, 2.75) is 25.0 Å². The Labute approximate surface area is 224 Å². The van der Waals surface area contributed by atoms with Crippen molar-refractivity contribution in [1.82, 2.24) is 14.8 Å². The number of para-hydroxylation sites is 1. The Morgan fingerprint density at radius 3 is 2.67 bits per heavy atom. The molecule has 1 fully saturated rings. The fourth-order valence-electron chi connectivity index (χ4n) is 6.09. The molecule has 39 heavy (non-hydrogen) atoms. The fraction of sp³-hybridized carbons (Fsp3) is 0.267. The number of ether oxygens (including phenoxy) is 4. The predicted octanol–water partition coefficient (Wildman–Crippen LogP) is 3.80. The maximum Gasteiger partial charge on any atom is 0.246 e. The molecule has 2 amide bonds. The highest BCUT2D eigenvalue weighted by Gasteiger charge is 2.49. The molecular formula is C30H27N3O6. The van der Waals surface area contributed by atoms with Gasteiger partial charge in [-0.3, -0.25) is 9.59 Å². The number of hydrogen-bond acceptors (Lipinski definition) is 6. The maximum absolute atomic E-state index is 14.1. The second-order valence-electron chi connectivity index (χ2n) is 9.98. The average molecular weight is 526 g/mol. The molecule has 0 radical (unpaired) electrons. The van der Waals surface area contributed by atoms with Crippen LogP contribution in [-0.4, -0.2) is 60.2 Å². The van der Waals surface area contributed by atoms with Gasteiger partial charge in [0.25, 0.3) is 0 Å². The number of methoxy groups -OCH3 is 2. The number of piperazine rings is 1. The number of aromatic nitrogens is 1. The number of nitrogens with one attached hydrogen (secondary N) is 1. The van der Waals surface area contributed by atoms with Crippen LogP contribution in [0.1, 0.15) is 28.4 Å². The topological polar surface area (TPSA) is 93.3 Å². The van der Waals surface area contributed by atoms with Crippen LogP contribution in [0.25, 0.3) is 10.9 Å². The van der Waals surface area contributed by atoms with Gasteiger partial charge in [0.2, 0.25) is 18.6 Å². The van der Waals surface area contributed by atoms with Crippen LogP contribution >= 0.6 is 0 Å². The Morgan fingerprint density at radius 2 is 1.82 bits per heavy atom. The van der Waals surface area contributed by atoms with Gasteiger partial charge in [0.05, 0.1) is 14.2 Å². The van der Waals surface area contributed by atoms with Crippen molar-refractivity contribution in [3.05, 3.63) is 83.0 Å². The Bertz CT molecular complexity index is 1630. The molecule has 4 aromatic rings. The largest absolute Gasteiger partial charge is 0.497 e. The van der Waals surface area contributed by atoms with Crippen LogP contribution in [0, 0.1) is 0 Å². The fourth-order valence-corrected chi connectivity index (χ4v) is 6.09. The number of hydrogen-bond donors (Lipinski definition) is 1. The third-order valence-corrected chi connectivity index (χ3v) is 7.88. The molecule has 1 aromatic heterocycles. The Kier molecular flexibility index (Phi) is 5.40. The zero-order valence-electron chi connectivity index (χ0n) is 21.6. The van der Waals surface area contributed by atoms with Crippen LogP contribution in [-0.2, 0) is 22.6 Å². The van der Waals surface area contributed by atoms with Crippen LogP contribution in [0.15, 0.2) is 60.7 Å². The highest BCUT2D eigenvalue weighted by atomic mass is 16.7. The van der Waals surface area contributed by atoms with Crippen molar-refractivity contribution in [3.63, 3.8) is 0 Å². The molecule has 2 atom stereocenters. The molecule has 0 saturated carbocycles. The predicted molar refractivity (Wildman–Crippen MR) is 142 cm³/mol.